The Balaban J connectivity index is 1.58. The maximum atomic E-state index is 10.3. The third-order valence-corrected chi connectivity index (χ3v) is 5.64. The van der Waals surface area contributed by atoms with E-state index < -0.39 is 31.1 Å². The van der Waals surface area contributed by atoms with E-state index in [2.05, 4.69) is 27.1 Å². The summed E-state index contributed by atoms with van der Waals surface area (Å²) < 4.78 is 7.08. The van der Waals surface area contributed by atoms with Gasteiger partial charge in [-0.15, -0.1) is 11.8 Å². The topological polar surface area (TPSA) is 140 Å². The number of nitrogen functional groups attached to an aromatic ring is 1. The number of aliphatic hydroxyl groups is 3. The molecule has 4 rings (SSSR count). The summed E-state index contributed by atoms with van der Waals surface area (Å²) in [5.41, 5.74) is 8.06. The third kappa shape index (κ3) is 3.56. The highest BCUT2D eigenvalue weighted by Gasteiger charge is 2.44. The van der Waals surface area contributed by atoms with Crippen LogP contribution in [-0.4, -0.2) is 65.5 Å². The third-order valence-electron chi connectivity index (χ3n) is 4.67. The molecule has 3 heterocycles. The summed E-state index contributed by atoms with van der Waals surface area (Å²) in [5, 5.41) is 30.2. The predicted molar refractivity (Wildman–Crippen MR) is 104 cm³/mol. The van der Waals surface area contributed by atoms with Crippen LogP contribution < -0.4 is 5.73 Å². The van der Waals surface area contributed by atoms with Crippen LogP contribution in [0.15, 0.2) is 41.7 Å². The highest BCUT2D eigenvalue weighted by Crippen LogP contribution is 2.33. The molecule has 1 aromatic carbocycles. The van der Waals surface area contributed by atoms with Gasteiger partial charge in [0.2, 0.25) is 5.95 Å². The van der Waals surface area contributed by atoms with E-state index >= 15 is 0 Å². The number of anilines is 1. The van der Waals surface area contributed by atoms with Crippen LogP contribution in [0, 0.1) is 0 Å². The lowest BCUT2D eigenvalue weighted by Gasteiger charge is -2.16. The molecule has 1 saturated heterocycles. The first kappa shape index (κ1) is 19.1. The maximum absolute atomic E-state index is 10.3. The lowest BCUT2D eigenvalue weighted by atomic mass is 10.1. The molecule has 0 amide bonds. The number of imidazole rings is 1. The number of thioether (sulfide) groups is 1. The second-order valence-electron chi connectivity index (χ2n) is 6.52. The Bertz CT molecular complexity index is 954. The minimum Gasteiger partial charge on any atom is -0.394 e. The fraction of sp³-hybridized carbons (Fsp3) is 0.389. The number of hydrogen-bond donors (Lipinski definition) is 4. The molecule has 1 aliphatic heterocycles. The number of aryl methyl sites for hydroxylation is 1. The number of rotatable bonds is 6. The second kappa shape index (κ2) is 8.02. The lowest BCUT2D eigenvalue weighted by Crippen LogP contribution is -2.33. The molecule has 1 fully saturated rings. The molecule has 9 nitrogen and oxygen atoms in total. The molecule has 3 aromatic rings. The Morgan fingerprint density at radius 2 is 1.93 bits per heavy atom. The van der Waals surface area contributed by atoms with Gasteiger partial charge in [0, 0.05) is 5.75 Å². The standard InChI is InChI=1S/C18H21N5O4S/c19-18-21-15-12(16(22-18)28-7-6-10-4-2-1-3-5-10)20-9-23(15)17-14(26)13(25)11(8-24)27-17/h1-5,9,11,13-14,17,24-26H,6-8H2,(H2,19,21,22)/t11-,13+,14+,17+/m0/s1. The summed E-state index contributed by atoms with van der Waals surface area (Å²) in [6.45, 7) is -0.404. The molecule has 0 unspecified atom stereocenters. The molecule has 5 N–H and O–H groups in total. The number of benzene rings is 1. The van der Waals surface area contributed by atoms with Crippen molar-refractivity contribution in [1.29, 1.82) is 0 Å². The number of fused-ring (bicyclic) bond motifs is 1. The Morgan fingerprint density at radius 3 is 2.64 bits per heavy atom. The number of nitrogens with zero attached hydrogens (tertiary/aromatic N) is 4. The molecule has 0 radical (unpaired) electrons. The summed E-state index contributed by atoms with van der Waals surface area (Å²) in [4.78, 5) is 12.9. The normalized spacial score (nSPS) is 24.8. The van der Waals surface area contributed by atoms with Crippen LogP contribution >= 0.6 is 11.8 Å². The quantitative estimate of drug-likeness (QED) is 0.339. The zero-order valence-electron chi connectivity index (χ0n) is 14.9. The number of nitrogens with two attached hydrogens (primary N) is 1. The SMILES string of the molecule is Nc1nc(SCCc2ccccc2)c2ncn([C@@H]3O[C@@H](CO)[C@@H](O)[C@H]3O)c2n1. The van der Waals surface area contributed by atoms with Crippen LogP contribution in [0.25, 0.3) is 11.2 Å². The average Bonchev–Trinajstić information content (AvgIpc) is 3.24. The van der Waals surface area contributed by atoms with Crippen molar-refractivity contribution in [2.75, 3.05) is 18.1 Å². The van der Waals surface area contributed by atoms with Crippen molar-refractivity contribution in [2.24, 2.45) is 0 Å². The summed E-state index contributed by atoms with van der Waals surface area (Å²) in [7, 11) is 0. The van der Waals surface area contributed by atoms with Gasteiger partial charge in [0.25, 0.3) is 0 Å². The Labute approximate surface area is 165 Å². The maximum Gasteiger partial charge on any atom is 0.223 e. The van der Waals surface area contributed by atoms with Gasteiger partial charge in [0.1, 0.15) is 28.9 Å². The summed E-state index contributed by atoms with van der Waals surface area (Å²) in [5.74, 6) is 0.874. The van der Waals surface area contributed by atoms with Gasteiger partial charge in [0.05, 0.1) is 12.9 Å². The van der Waals surface area contributed by atoms with Crippen molar-refractivity contribution in [3.63, 3.8) is 0 Å². The van der Waals surface area contributed by atoms with Crippen molar-refractivity contribution < 1.29 is 20.1 Å². The van der Waals surface area contributed by atoms with Crippen molar-refractivity contribution in [1.82, 2.24) is 19.5 Å². The molecule has 28 heavy (non-hydrogen) atoms. The molecule has 0 bridgehead atoms. The van der Waals surface area contributed by atoms with Gasteiger partial charge in [-0.25, -0.2) is 9.97 Å². The van der Waals surface area contributed by atoms with Crippen molar-refractivity contribution in [3.05, 3.63) is 42.2 Å². The Kier molecular flexibility index (Phi) is 5.47. The fourth-order valence-electron chi connectivity index (χ4n) is 3.21. The van der Waals surface area contributed by atoms with Crippen molar-refractivity contribution >= 4 is 28.9 Å². The van der Waals surface area contributed by atoms with Gasteiger partial charge < -0.3 is 25.8 Å². The molecular formula is C18H21N5O4S. The van der Waals surface area contributed by atoms with E-state index in [0.717, 1.165) is 12.2 Å². The molecular weight excluding hydrogens is 382 g/mol. The predicted octanol–water partition coefficient (Wildman–Crippen LogP) is 0.355. The first-order chi connectivity index (χ1) is 13.6. The monoisotopic (exact) mass is 403 g/mol. The number of aliphatic hydroxyl groups excluding tert-OH is 3. The summed E-state index contributed by atoms with van der Waals surface area (Å²) in [6.07, 6.45) is -1.89. The van der Waals surface area contributed by atoms with Gasteiger partial charge >= 0.3 is 0 Å². The van der Waals surface area contributed by atoms with E-state index in [1.807, 2.05) is 18.2 Å². The molecule has 0 aliphatic carbocycles. The van der Waals surface area contributed by atoms with Gasteiger partial charge in [-0.1, -0.05) is 30.3 Å². The van der Waals surface area contributed by atoms with Crippen molar-refractivity contribution in [2.45, 2.75) is 36.0 Å². The summed E-state index contributed by atoms with van der Waals surface area (Å²) >= 11 is 1.52. The average molecular weight is 403 g/mol. The number of aromatic nitrogens is 4. The van der Waals surface area contributed by atoms with Crippen LogP contribution in [0.2, 0.25) is 0 Å². The largest absolute Gasteiger partial charge is 0.394 e. The van der Waals surface area contributed by atoms with Gasteiger partial charge in [0.15, 0.2) is 11.9 Å². The van der Waals surface area contributed by atoms with Crippen LogP contribution in [0.3, 0.4) is 0 Å². The number of hydrogen-bond acceptors (Lipinski definition) is 9. The highest BCUT2D eigenvalue weighted by molar-refractivity contribution is 7.99. The van der Waals surface area contributed by atoms with Crippen LogP contribution in [0.1, 0.15) is 11.8 Å². The zero-order valence-corrected chi connectivity index (χ0v) is 15.7. The molecule has 10 heteroatoms. The first-order valence-corrected chi connectivity index (χ1v) is 9.86. The molecule has 0 saturated carbocycles. The molecule has 4 atom stereocenters. The Morgan fingerprint density at radius 1 is 1.14 bits per heavy atom. The van der Waals surface area contributed by atoms with E-state index in [0.29, 0.717) is 16.2 Å². The van der Waals surface area contributed by atoms with Gasteiger partial charge in [-0.2, -0.15) is 4.98 Å². The highest BCUT2D eigenvalue weighted by atomic mass is 32.2. The Hall–Kier alpha value is -2.24. The minimum atomic E-state index is -1.22. The fourth-order valence-corrected chi connectivity index (χ4v) is 4.18. The lowest BCUT2D eigenvalue weighted by molar-refractivity contribution is -0.0511. The van der Waals surface area contributed by atoms with Crippen molar-refractivity contribution in [3.8, 4) is 0 Å². The smallest absolute Gasteiger partial charge is 0.223 e. The van der Waals surface area contributed by atoms with Gasteiger partial charge in [-0.05, 0) is 12.0 Å². The van der Waals surface area contributed by atoms with E-state index in [-0.39, 0.29) is 5.95 Å². The number of ether oxygens (including phenoxy) is 1. The minimum absolute atomic E-state index is 0.0863. The van der Waals surface area contributed by atoms with E-state index in [9.17, 15) is 15.3 Å². The van der Waals surface area contributed by atoms with E-state index in [4.69, 9.17) is 10.5 Å². The first-order valence-electron chi connectivity index (χ1n) is 8.87. The van der Waals surface area contributed by atoms with Gasteiger partial charge in [-0.3, -0.25) is 4.57 Å². The van der Waals surface area contributed by atoms with Crippen LogP contribution in [0.5, 0.6) is 0 Å². The molecule has 0 spiro atoms. The van der Waals surface area contributed by atoms with E-state index in [1.165, 1.54) is 28.2 Å². The van der Waals surface area contributed by atoms with E-state index in [1.54, 1.807) is 0 Å². The second-order valence-corrected chi connectivity index (χ2v) is 7.61. The molecule has 2 aromatic heterocycles. The summed E-state index contributed by atoms with van der Waals surface area (Å²) in [6, 6.07) is 10.1. The van der Waals surface area contributed by atoms with Crippen LogP contribution in [0.4, 0.5) is 5.95 Å². The zero-order chi connectivity index (χ0) is 19.7. The molecule has 148 valence electrons. The molecule has 1 aliphatic rings. The van der Waals surface area contributed by atoms with Crippen LogP contribution in [-0.2, 0) is 11.2 Å².